The van der Waals surface area contributed by atoms with E-state index in [4.69, 9.17) is 5.11 Å². The highest BCUT2D eigenvalue weighted by Crippen LogP contribution is 2.26. The molecule has 21 heavy (non-hydrogen) atoms. The van der Waals surface area contributed by atoms with E-state index in [9.17, 15) is 4.79 Å². The Hall–Kier alpha value is -2.05. The van der Waals surface area contributed by atoms with E-state index in [1.165, 1.54) is 4.88 Å². The molecule has 0 spiro atoms. The van der Waals surface area contributed by atoms with Gasteiger partial charge in [-0.1, -0.05) is 23.9 Å². The molecule has 2 aromatic heterocycles. The number of carboxylic acids is 1. The fourth-order valence-electron chi connectivity index (χ4n) is 1.87. The molecular formula is C15H12N2O2S2. The zero-order chi connectivity index (χ0) is 14.7. The van der Waals surface area contributed by atoms with Crippen molar-refractivity contribution in [2.75, 3.05) is 0 Å². The summed E-state index contributed by atoms with van der Waals surface area (Å²) in [5.74, 6) is -0.120. The lowest BCUT2D eigenvalue weighted by atomic mass is 10.3. The van der Waals surface area contributed by atoms with Crippen LogP contribution in [0.5, 0.6) is 0 Å². The van der Waals surface area contributed by atoms with E-state index in [-0.39, 0.29) is 0 Å². The van der Waals surface area contributed by atoms with Crippen LogP contribution in [0.1, 0.15) is 10.4 Å². The van der Waals surface area contributed by atoms with Gasteiger partial charge in [0.15, 0.2) is 5.16 Å². The summed E-state index contributed by atoms with van der Waals surface area (Å²) in [6.07, 6.45) is 2.76. The van der Waals surface area contributed by atoms with E-state index in [0.29, 0.717) is 0 Å². The number of fused-ring (bicyclic) bond motifs is 1. The van der Waals surface area contributed by atoms with Crippen LogP contribution < -0.4 is 0 Å². The highest BCUT2D eigenvalue weighted by atomic mass is 32.2. The van der Waals surface area contributed by atoms with E-state index in [2.05, 4.69) is 9.97 Å². The SMILES string of the molecule is O=C(O)C=Cc1csc(CSc2nc3ccccc3[nH]2)c1. The summed E-state index contributed by atoms with van der Waals surface area (Å²) in [5, 5.41) is 11.5. The molecule has 0 aliphatic heterocycles. The van der Waals surface area contributed by atoms with Gasteiger partial charge in [0.1, 0.15) is 0 Å². The van der Waals surface area contributed by atoms with Gasteiger partial charge in [-0.15, -0.1) is 11.3 Å². The monoisotopic (exact) mass is 316 g/mol. The molecule has 6 heteroatoms. The smallest absolute Gasteiger partial charge is 0.328 e. The number of para-hydroxylation sites is 2. The van der Waals surface area contributed by atoms with Gasteiger partial charge < -0.3 is 10.1 Å². The molecule has 106 valence electrons. The van der Waals surface area contributed by atoms with Crippen molar-refractivity contribution in [1.29, 1.82) is 0 Å². The van der Waals surface area contributed by atoms with Gasteiger partial charge in [-0.25, -0.2) is 9.78 Å². The summed E-state index contributed by atoms with van der Waals surface area (Å²) in [4.78, 5) is 19.5. The molecule has 0 aliphatic carbocycles. The summed E-state index contributed by atoms with van der Waals surface area (Å²) in [6, 6.07) is 9.94. The Bertz CT molecular complexity index is 772. The molecule has 0 radical (unpaired) electrons. The number of H-pyrrole nitrogens is 1. The van der Waals surface area contributed by atoms with Crippen LogP contribution in [0, 0.1) is 0 Å². The molecule has 0 saturated heterocycles. The number of aromatic nitrogens is 2. The molecule has 3 rings (SSSR count). The third-order valence-corrected chi connectivity index (χ3v) is 4.87. The quantitative estimate of drug-likeness (QED) is 0.551. The van der Waals surface area contributed by atoms with Crippen LogP contribution in [0.3, 0.4) is 0 Å². The summed E-state index contributed by atoms with van der Waals surface area (Å²) in [6.45, 7) is 0. The zero-order valence-corrected chi connectivity index (χ0v) is 12.6. The van der Waals surface area contributed by atoms with Gasteiger partial charge in [0.2, 0.25) is 0 Å². The molecule has 1 aromatic carbocycles. The first-order chi connectivity index (χ1) is 10.2. The van der Waals surface area contributed by atoms with Gasteiger partial charge >= 0.3 is 5.97 Å². The number of nitrogens with zero attached hydrogens (tertiary/aromatic N) is 1. The summed E-state index contributed by atoms with van der Waals surface area (Å²) >= 11 is 3.26. The molecule has 0 fully saturated rings. The van der Waals surface area contributed by atoms with Gasteiger partial charge in [0.05, 0.1) is 11.0 Å². The average Bonchev–Trinajstić information content (AvgIpc) is 3.09. The number of benzene rings is 1. The number of carbonyl (C=O) groups is 1. The van der Waals surface area contributed by atoms with Crippen molar-refractivity contribution in [3.8, 4) is 0 Å². The highest BCUT2D eigenvalue weighted by molar-refractivity contribution is 7.98. The number of aromatic amines is 1. The average molecular weight is 316 g/mol. The highest BCUT2D eigenvalue weighted by Gasteiger charge is 2.04. The lowest BCUT2D eigenvalue weighted by molar-refractivity contribution is -0.131. The first-order valence-corrected chi connectivity index (χ1v) is 8.13. The Kier molecular flexibility index (Phi) is 4.08. The van der Waals surface area contributed by atoms with Crippen LogP contribution >= 0.6 is 23.1 Å². The van der Waals surface area contributed by atoms with Crippen molar-refractivity contribution in [2.24, 2.45) is 0 Å². The van der Waals surface area contributed by atoms with E-state index in [0.717, 1.165) is 33.6 Å². The van der Waals surface area contributed by atoms with Crippen molar-refractivity contribution < 1.29 is 9.90 Å². The molecule has 2 heterocycles. The van der Waals surface area contributed by atoms with Gasteiger partial charge in [-0.2, -0.15) is 0 Å². The molecule has 3 aromatic rings. The lowest BCUT2D eigenvalue weighted by Crippen LogP contribution is -1.84. The van der Waals surface area contributed by atoms with Gasteiger partial charge in [0, 0.05) is 16.7 Å². The first-order valence-electron chi connectivity index (χ1n) is 6.27. The minimum Gasteiger partial charge on any atom is -0.478 e. The van der Waals surface area contributed by atoms with Gasteiger partial charge in [-0.3, -0.25) is 0 Å². The molecular weight excluding hydrogens is 304 g/mol. The molecule has 0 amide bonds. The zero-order valence-electron chi connectivity index (χ0n) is 10.9. The maximum absolute atomic E-state index is 10.5. The lowest BCUT2D eigenvalue weighted by Gasteiger charge is -1.93. The fourth-order valence-corrected chi connectivity index (χ4v) is 3.66. The van der Waals surface area contributed by atoms with E-state index < -0.39 is 5.97 Å². The predicted molar refractivity (Wildman–Crippen MR) is 86.6 cm³/mol. The normalized spacial score (nSPS) is 11.4. The minimum atomic E-state index is -0.931. The van der Waals surface area contributed by atoms with Crippen molar-refractivity contribution in [3.63, 3.8) is 0 Å². The number of hydrogen-bond acceptors (Lipinski definition) is 4. The van der Waals surface area contributed by atoms with Crippen LogP contribution in [0.15, 0.2) is 46.9 Å². The number of aliphatic carboxylic acids is 1. The fraction of sp³-hybridized carbons (Fsp3) is 0.0667. The van der Waals surface area contributed by atoms with E-state index >= 15 is 0 Å². The van der Waals surface area contributed by atoms with Crippen LogP contribution in [0.2, 0.25) is 0 Å². The number of hydrogen-bond donors (Lipinski definition) is 2. The largest absolute Gasteiger partial charge is 0.478 e. The Labute approximate surface area is 129 Å². The molecule has 0 aliphatic rings. The van der Waals surface area contributed by atoms with Crippen molar-refractivity contribution in [2.45, 2.75) is 10.9 Å². The Morgan fingerprint density at radius 3 is 3.10 bits per heavy atom. The van der Waals surface area contributed by atoms with E-state index in [1.54, 1.807) is 29.2 Å². The number of rotatable bonds is 5. The van der Waals surface area contributed by atoms with Crippen molar-refractivity contribution in [3.05, 3.63) is 52.2 Å². The number of imidazole rings is 1. The van der Waals surface area contributed by atoms with Crippen LogP contribution in [-0.4, -0.2) is 21.0 Å². The maximum atomic E-state index is 10.5. The van der Waals surface area contributed by atoms with Gasteiger partial charge in [-0.05, 0) is 35.2 Å². The summed E-state index contributed by atoms with van der Waals surface area (Å²) in [5.41, 5.74) is 2.93. The standard InChI is InChI=1S/C15H12N2O2S2/c18-14(19)6-5-10-7-11(20-8-10)9-21-15-16-12-3-1-2-4-13(12)17-15/h1-8H,9H2,(H,16,17)(H,18,19). The number of thioether (sulfide) groups is 1. The third kappa shape index (κ3) is 3.53. The predicted octanol–water partition coefficient (Wildman–Crippen LogP) is 4.01. The number of thiophene rings is 1. The van der Waals surface area contributed by atoms with Crippen molar-refractivity contribution in [1.82, 2.24) is 9.97 Å². The number of carboxylic acid groups (broad SMARTS) is 1. The van der Waals surface area contributed by atoms with Gasteiger partial charge in [0.25, 0.3) is 0 Å². The molecule has 0 saturated carbocycles. The summed E-state index contributed by atoms with van der Waals surface area (Å²) in [7, 11) is 0. The molecule has 0 unspecified atom stereocenters. The second kappa shape index (κ2) is 6.15. The Morgan fingerprint density at radius 2 is 2.29 bits per heavy atom. The minimum absolute atomic E-state index is 0.811. The second-order valence-corrected chi connectivity index (χ2v) is 6.33. The Morgan fingerprint density at radius 1 is 1.43 bits per heavy atom. The molecule has 0 atom stereocenters. The van der Waals surface area contributed by atoms with Crippen LogP contribution in [0.4, 0.5) is 0 Å². The third-order valence-electron chi connectivity index (χ3n) is 2.81. The molecule has 2 N–H and O–H groups in total. The van der Waals surface area contributed by atoms with Crippen LogP contribution in [0.25, 0.3) is 17.1 Å². The first kappa shape index (κ1) is 13.9. The van der Waals surface area contributed by atoms with Crippen molar-refractivity contribution >= 4 is 46.2 Å². The second-order valence-electron chi connectivity index (χ2n) is 4.37. The Balaban J connectivity index is 1.66. The number of nitrogens with one attached hydrogen (secondary N) is 1. The van der Waals surface area contributed by atoms with Crippen LogP contribution in [-0.2, 0) is 10.5 Å². The topological polar surface area (TPSA) is 66.0 Å². The summed E-state index contributed by atoms with van der Waals surface area (Å²) < 4.78 is 0. The molecule has 0 bridgehead atoms. The maximum Gasteiger partial charge on any atom is 0.328 e. The molecule has 4 nitrogen and oxygen atoms in total. The van der Waals surface area contributed by atoms with E-state index in [1.807, 2.05) is 35.7 Å².